The van der Waals surface area contributed by atoms with Crippen LogP contribution in [-0.4, -0.2) is 44.0 Å². The fourth-order valence-electron chi connectivity index (χ4n) is 5.02. The van der Waals surface area contributed by atoms with Crippen molar-refractivity contribution >= 4 is 5.78 Å². The maximum absolute atomic E-state index is 12.5. The number of nitrogens with zero attached hydrogens (tertiary/aromatic N) is 1. The molecule has 1 saturated carbocycles. The molecule has 4 unspecified atom stereocenters. The number of likely N-dealkylation sites (N-methyl/N-ethyl adjacent to an activating group) is 1. The highest BCUT2D eigenvalue weighted by atomic mass is 16.5. The Morgan fingerprint density at radius 1 is 1.36 bits per heavy atom. The maximum Gasteiger partial charge on any atom is 0.174 e. The summed E-state index contributed by atoms with van der Waals surface area (Å²) >= 11 is 0. The van der Waals surface area contributed by atoms with Gasteiger partial charge in [0.05, 0.1) is 7.11 Å². The molecule has 22 heavy (non-hydrogen) atoms. The van der Waals surface area contributed by atoms with Gasteiger partial charge in [0, 0.05) is 23.4 Å². The van der Waals surface area contributed by atoms with Gasteiger partial charge in [-0.1, -0.05) is 13.0 Å². The van der Waals surface area contributed by atoms with Gasteiger partial charge < -0.3 is 14.4 Å². The molecule has 1 fully saturated rings. The first-order chi connectivity index (χ1) is 10.5. The summed E-state index contributed by atoms with van der Waals surface area (Å²) in [6.45, 7) is 2.23. The number of ether oxygens (including phenoxy) is 2. The predicted molar refractivity (Wildman–Crippen MR) is 83.7 cm³/mol. The van der Waals surface area contributed by atoms with E-state index in [1.54, 1.807) is 7.11 Å². The van der Waals surface area contributed by atoms with Crippen LogP contribution < -0.4 is 9.47 Å². The van der Waals surface area contributed by atoms with E-state index in [0.717, 1.165) is 24.3 Å². The van der Waals surface area contributed by atoms with Crippen molar-refractivity contribution in [3.8, 4) is 11.5 Å². The highest BCUT2D eigenvalue weighted by molar-refractivity contribution is 5.88. The lowest BCUT2D eigenvalue weighted by Gasteiger charge is -2.50. The number of carbonyl (C=O) groups excluding carboxylic acids is 1. The van der Waals surface area contributed by atoms with Crippen LogP contribution in [0.3, 0.4) is 0 Å². The van der Waals surface area contributed by atoms with E-state index < -0.39 is 0 Å². The summed E-state index contributed by atoms with van der Waals surface area (Å²) in [6, 6.07) is 4.59. The zero-order chi connectivity index (χ0) is 15.6. The average Bonchev–Trinajstić information content (AvgIpc) is 2.81. The minimum Gasteiger partial charge on any atom is -0.493 e. The second-order valence-electron chi connectivity index (χ2n) is 7.26. The fourth-order valence-corrected chi connectivity index (χ4v) is 5.02. The van der Waals surface area contributed by atoms with E-state index in [9.17, 15) is 4.79 Å². The number of hydrogen-bond acceptors (Lipinski definition) is 4. The van der Waals surface area contributed by atoms with Crippen molar-refractivity contribution in [1.29, 1.82) is 0 Å². The van der Waals surface area contributed by atoms with Crippen LogP contribution in [0, 0.1) is 5.92 Å². The molecule has 3 aliphatic rings. The van der Waals surface area contributed by atoms with E-state index in [4.69, 9.17) is 9.47 Å². The summed E-state index contributed by atoms with van der Waals surface area (Å²) in [5.74, 6) is 2.25. The van der Waals surface area contributed by atoms with Crippen LogP contribution in [0.25, 0.3) is 0 Å². The van der Waals surface area contributed by atoms with Gasteiger partial charge >= 0.3 is 0 Å². The topological polar surface area (TPSA) is 38.8 Å². The van der Waals surface area contributed by atoms with Crippen molar-refractivity contribution in [3.05, 3.63) is 23.3 Å². The first-order valence-electron chi connectivity index (χ1n) is 8.04. The van der Waals surface area contributed by atoms with E-state index in [0.29, 0.717) is 18.4 Å². The Labute approximate surface area is 131 Å². The van der Waals surface area contributed by atoms with Gasteiger partial charge in [0.1, 0.15) is 0 Å². The van der Waals surface area contributed by atoms with Crippen LogP contribution in [0.4, 0.5) is 0 Å². The zero-order valence-corrected chi connectivity index (χ0v) is 13.7. The van der Waals surface area contributed by atoms with Crippen LogP contribution in [0.5, 0.6) is 11.5 Å². The van der Waals surface area contributed by atoms with Gasteiger partial charge in [-0.25, -0.2) is 0 Å². The second-order valence-corrected chi connectivity index (χ2v) is 7.26. The standard InChI is InChI=1S/C18H23NO3/c1-18-11-6-7-13(20)17(18)22-16-14(21-4)8-5-10(15(16)18)9-12(11)19(2)3/h5,8,11-12,17H,6-7,9H2,1-4H3. The summed E-state index contributed by atoms with van der Waals surface area (Å²) in [4.78, 5) is 14.8. The number of carbonyl (C=O) groups is 1. The Morgan fingerprint density at radius 2 is 2.14 bits per heavy atom. The van der Waals surface area contributed by atoms with E-state index in [1.807, 2.05) is 6.07 Å². The molecule has 4 atom stereocenters. The van der Waals surface area contributed by atoms with E-state index >= 15 is 0 Å². The molecule has 4 nitrogen and oxygen atoms in total. The van der Waals surface area contributed by atoms with Crippen LogP contribution in [0.1, 0.15) is 30.9 Å². The van der Waals surface area contributed by atoms with E-state index in [1.165, 1.54) is 11.1 Å². The lowest BCUT2D eigenvalue weighted by molar-refractivity contribution is -0.133. The molecule has 4 rings (SSSR count). The summed E-state index contributed by atoms with van der Waals surface area (Å²) in [7, 11) is 5.95. The van der Waals surface area contributed by atoms with Crippen molar-refractivity contribution in [1.82, 2.24) is 4.90 Å². The van der Waals surface area contributed by atoms with Gasteiger partial charge in [-0.05, 0) is 44.5 Å². The maximum atomic E-state index is 12.5. The molecule has 0 bridgehead atoms. The first kappa shape index (κ1) is 14.1. The quantitative estimate of drug-likeness (QED) is 0.839. The third kappa shape index (κ3) is 1.54. The molecule has 118 valence electrons. The minimum absolute atomic E-state index is 0.221. The molecule has 0 radical (unpaired) electrons. The SMILES string of the molecule is COc1ccc2c3c1OC1C(=O)CCC(C(N(C)C)C2)C31C. The normalized spacial score (nSPS) is 35.3. The molecule has 1 aromatic rings. The van der Waals surface area contributed by atoms with Crippen molar-refractivity contribution in [2.75, 3.05) is 21.2 Å². The zero-order valence-electron chi connectivity index (χ0n) is 13.7. The largest absolute Gasteiger partial charge is 0.493 e. The van der Waals surface area contributed by atoms with Crippen molar-refractivity contribution < 1.29 is 14.3 Å². The number of methoxy groups -OCH3 is 1. The summed E-state index contributed by atoms with van der Waals surface area (Å²) in [6.07, 6.45) is 2.25. The molecule has 4 heteroatoms. The third-order valence-electron chi connectivity index (χ3n) is 6.07. The van der Waals surface area contributed by atoms with Crippen LogP contribution in [-0.2, 0) is 16.6 Å². The monoisotopic (exact) mass is 301 g/mol. The van der Waals surface area contributed by atoms with E-state index in [-0.39, 0.29) is 17.3 Å². The fraction of sp³-hybridized carbons (Fsp3) is 0.611. The van der Waals surface area contributed by atoms with E-state index in [2.05, 4.69) is 32.0 Å². The third-order valence-corrected chi connectivity index (χ3v) is 6.07. The van der Waals surface area contributed by atoms with Gasteiger partial charge in [-0.15, -0.1) is 0 Å². The highest BCUT2D eigenvalue weighted by Gasteiger charge is 2.61. The summed E-state index contributed by atoms with van der Waals surface area (Å²) < 4.78 is 11.7. The van der Waals surface area contributed by atoms with Crippen molar-refractivity contribution in [3.63, 3.8) is 0 Å². The van der Waals surface area contributed by atoms with Crippen molar-refractivity contribution in [2.24, 2.45) is 5.92 Å². The average molecular weight is 301 g/mol. The number of hydrogen-bond donors (Lipinski definition) is 0. The van der Waals surface area contributed by atoms with Gasteiger partial charge in [0.2, 0.25) is 0 Å². The number of Topliss-reactive ketones (excluding diaryl/α,β-unsaturated/α-hetero) is 1. The Bertz CT molecular complexity index is 654. The molecule has 2 aliphatic carbocycles. The predicted octanol–water partition coefficient (Wildman–Crippen LogP) is 2.18. The molecular formula is C18H23NO3. The number of benzene rings is 1. The van der Waals surface area contributed by atoms with Crippen LogP contribution >= 0.6 is 0 Å². The summed E-state index contributed by atoms with van der Waals surface area (Å²) in [5.41, 5.74) is 2.32. The second kappa shape index (κ2) is 4.48. The Morgan fingerprint density at radius 3 is 2.82 bits per heavy atom. The highest BCUT2D eigenvalue weighted by Crippen LogP contribution is 2.59. The number of rotatable bonds is 2. The molecule has 1 aliphatic heterocycles. The lowest BCUT2D eigenvalue weighted by atomic mass is 9.55. The minimum atomic E-state index is -0.348. The molecule has 1 aromatic carbocycles. The Balaban J connectivity index is 1.97. The van der Waals surface area contributed by atoms with Crippen LogP contribution in [0.15, 0.2) is 12.1 Å². The molecule has 0 N–H and O–H groups in total. The summed E-state index contributed by atoms with van der Waals surface area (Å²) in [5, 5.41) is 0. The van der Waals surface area contributed by atoms with Gasteiger partial charge in [0.15, 0.2) is 23.4 Å². The molecule has 0 spiro atoms. The first-order valence-corrected chi connectivity index (χ1v) is 8.04. The van der Waals surface area contributed by atoms with Crippen molar-refractivity contribution in [2.45, 2.75) is 43.7 Å². The molecular weight excluding hydrogens is 278 g/mol. The molecule has 0 aromatic heterocycles. The molecule has 0 saturated heterocycles. The Kier molecular flexibility index (Phi) is 2.86. The number of ketones is 1. The van der Waals surface area contributed by atoms with Gasteiger partial charge in [-0.3, -0.25) is 4.79 Å². The van der Waals surface area contributed by atoms with Gasteiger partial charge in [-0.2, -0.15) is 0 Å². The lowest BCUT2D eigenvalue weighted by Crippen LogP contribution is -2.59. The smallest absolute Gasteiger partial charge is 0.174 e. The van der Waals surface area contributed by atoms with Crippen LogP contribution in [0.2, 0.25) is 0 Å². The molecule has 0 amide bonds. The Hall–Kier alpha value is -1.55. The molecule has 1 heterocycles. The van der Waals surface area contributed by atoms with Gasteiger partial charge in [0.25, 0.3) is 0 Å².